The quantitative estimate of drug-likeness (QED) is 0.579. The average Bonchev–Trinajstić information content (AvgIpc) is 2.00. The molecule has 0 saturated carbocycles. The van der Waals surface area contributed by atoms with E-state index in [0.29, 0.717) is 0 Å². The zero-order valence-electron chi connectivity index (χ0n) is 6.54. The van der Waals surface area contributed by atoms with Crippen molar-refractivity contribution < 1.29 is 14.6 Å². The van der Waals surface area contributed by atoms with Gasteiger partial charge in [-0.25, -0.2) is 4.79 Å². The normalized spacial score (nSPS) is 11.8. The summed E-state index contributed by atoms with van der Waals surface area (Å²) in [5.74, 6) is 0. The maximum Gasteiger partial charge on any atom is 0.407 e. The fourth-order valence-corrected chi connectivity index (χ4v) is 0.423. The standard InChI is InChI=1S/C7H13NO3/c1-3-4-11-7(10)8-6(2)5-9/h3,6,9H,1,4-5H2,2H3,(H,8,10)/t6-/m0/s1. The summed E-state index contributed by atoms with van der Waals surface area (Å²) < 4.78 is 4.58. The second-order valence-corrected chi connectivity index (χ2v) is 2.12. The van der Waals surface area contributed by atoms with Gasteiger partial charge in [-0.1, -0.05) is 12.7 Å². The van der Waals surface area contributed by atoms with E-state index in [-0.39, 0.29) is 19.3 Å². The van der Waals surface area contributed by atoms with Crippen LogP contribution in [0.1, 0.15) is 6.92 Å². The lowest BCUT2D eigenvalue weighted by molar-refractivity contribution is 0.148. The van der Waals surface area contributed by atoms with Gasteiger partial charge in [0.25, 0.3) is 0 Å². The van der Waals surface area contributed by atoms with Crippen molar-refractivity contribution in [3.8, 4) is 0 Å². The van der Waals surface area contributed by atoms with E-state index in [9.17, 15) is 4.79 Å². The Morgan fingerprint density at radius 2 is 2.55 bits per heavy atom. The van der Waals surface area contributed by atoms with Gasteiger partial charge in [-0.3, -0.25) is 0 Å². The highest BCUT2D eigenvalue weighted by Gasteiger charge is 2.04. The van der Waals surface area contributed by atoms with E-state index >= 15 is 0 Å². The van der Waals surface area contributed by atoms with E-state index in [0.717, 1.165) is 0 Å². The summed E-state index contributed by atoms with van der Waals surface area (Å²) in [4.78, 5) is 10.7. The molecule has 0 spiro atoms. The molecule has 0 aliphatic carbocycles. The number of hydrogen-bond acceptors (Lipinski definition) is 3. The number of aliphatic hydroxyl groups excluding tert-OH is 1. The molecule has 0 aliphatic heterocycles. The fraction of sp³-hybridized carbons (Fsp3) is 0.571. The molecule has 11 heavy (non-hydrogen) atoms. The first-order chi connectivity index (χ1) is 5.20. The van der Waals surface area contributed by atoms with E-state index < -0.39 is 6.09 Å². The molecular formula is C7H13NO3. The minimum Gasteiger partial charge on any atom is -0.445 e. The minimum atomic E-state index is -0.536. The number of alkyl carbamates (subject to hydrolysis) is 1. The molecule has 4 nitrogen and oxygen atoms in total. The van der Waals surface area contributed by atoms with Gasteiger partial charge in [-0.15, -0.1) is 0 Å². The molecule has 0 unspecified atom stereocenters. The molecule has 0 aliphatic rings. The molecule has 0 bridgehead atoms. The first kappa shape index (κ1) is 9.97. The zero-order chi connectivity index (χ0) is 8.69. The number of amides is 1. The average molecular weight is 159 g/mol. The molecule has 1 atom stereocenters. The van der Waals surface area contributed by atoms with Crippen molar-refractivity contribution in [1.29, 1.82) is 0 Å². The van der Waals surface area contributed by atoms with Crippen LogP contribution in [0, 0.1) is 0 Å². The number of carbonyl (C=O) groups is 1. The highest BCUT2D eigenvalue weighted by Crippen LogP contribution is 1.82. The molecule has 0 heterocycles. The molecule has 0 aromatic heterocycles. The molecular weight excluding hydrogens is 146 g/mol. The molecule has 0 aromatic carbocycles. The van der Waals surface area contributed by atoms with Crippen molar-refractivity contribution in [3.63, 3.8) is 0 Å². The summed E-state index contributed by atoms with van der Waals surface area (Å²) >= 11 is 0. The summed E-state index contributed by atoms with van der Waals surface area (Å²) in [6.07, 6.45) is 0.940. The Kier molecular flexibility index (Phi) is 5.20. The maximum atomic E-state index is 10.7. The van der Waals surface area contributed by atoms with Crippen LogP contribution in [0.3, 0.4) is 0 Å². The van der Waals surface area contributed by atoms with Gasteiger partial charge >= 0.3 is 6.09 Å². The van der Waals surface area contributed by atoms with Crippen molar-refractivity contribution in [2.24, 2.45) is 0 Å². The van der Waals surface area contributed by atoms with Crippen molar-refractivity contribution in [2.75, 3.05) is 13.2 Å². The first-order valence-electron chi connectivity index (χ1n) is 3.35. The Labute approximate surface area is 65.9 Å². The highest BCUT2D eigenvalue weighted by molar-refractivity contribution is 5.67. The number of carbonyl (C=O) groups excluding carboxylic acids is 1. The Bertz CT molecular complexity index is 136. The zero-order valence-corrected chi connectivity index (χ0v) is 6.54. The largest absolute Gasteiger partial charge is 0.445 e. The van der Waals surface area contributed by atoms with Crippen LogP contribution in [0.4, 0.5) is 4.79 Å². The van der Waals surface area contributed by atoms with Crippen LogP contribution in [-0.4, -0.2) is 30.5 Å². The van der Waals surface area contributed by atoms with Gasteiger partial charge in [0.1, 0.15) is 6.61 Å². The van der Waals surface area contributed by atoms with Crippen molar-refractivity contribution in [1.82, 2.24) is 5.32 Å². The van der Waals surface area contributed by atoms with Crippen molar-refractivity contribution in [2.45, 2.75) is 13.0 Å². The predicted molar refractivity (Wildman–Crippen MR) is 41.2 cm³/mol. The topological polar surface area (TPSA) is 58.6 Å². The summed E-state index contributed by atoms with van der Waals surface area (Å²) in [5, 5.41) is 10.9. The monoisotopic (exact) mass is 159 g/mol. The first-order valence-corrected chi connectivity index (χ1v) is 3.35. The van der Waals surface area contributed by atoms with Crippen molar-refractivity contribution in [3.05, 3.63) is 12.7 Å². The molecule has 0 saturated heterocycles. The number of ether oxygens (including phenoxy) is 1. The van der Waals surface area contributed by atoms with Gasteiger partial charge in [-0.05, 0) is 6.92 Å². The Morgan fingerprint density at radius 1 is 1.91 bits per heavy atom. The molecule has 1 amide bonds. The molecule has 2 N–H and O–H groups in total. The van der Waals surface area contributed by atoms with Crippen LogP contribution in [-0.2, 0) is 4.74 Å². The van der Waals surface area contributed by atoms with E-state index in [1.807, 2.05) is 0 Å². The molecule has 4 heteroatoms. The molecule has 0 aromatic rings. The summed E-state index contributed by atoms with van der Waals surface area (Å²) in [6, 6.07) is -0.271. The highest BCUT2D eigenvalue weighted by atomic mass is 16.5. The third-order valence-corrected chi connectivity index (χ3v) is 0.970. The van der Waals surface area contributed by atoms with Gasteiger partial charge in [0.2, 0.25) is 0 Å². The van der Waals surface area contributed by atoms with Gasteiger partial charge in [0, 0.05) is 0 Å². The second-order valence-electron chi connectivity index (χ2n) is 2.12. The van der Waals surface area contributed by atoms with Crippen LogP contribution >= 0.6 is 0 Å². The van der Waals surface area contributed by atoms with E-state index in [1.54, 1.807) is 6.92 Å². The van der Waals surface area contributed by atoms with Crippen LogP contribution < -0.4 is 5.32 Å². The molecule has 0 radical (unpaired) electrons. The summed E-state index contributed by atoms with van der Waals surface area (Å²) in [6.45, 7) is 5.14. The second kappa shape index (κ2) is 5.73. The predicted octanol–water partition coefficient (Wildman–Crippen LogP) is 0.279. The van der Waals surface area contributed by atoms with Crippen molar-refractivity contribution >= 4 is 6.09 Å². The third-order valence-electron chi connectivity index (χ3n) is 0.970. The molecule has 0 fully saturated rings. The van der Waals surface area contributed by atoms with Crippen LogP contribution in [0.15, 0.2) is 12.7 Å². The van der Waals surface area contributed by atoms with Gasteiger partial charge in [0.15, 0.2) is 0 Å². The smallest absolute Gasteiger partial charge is 0.407 e. The van der Waals surface area contributed by atoms with Gasteiger partial charge in [0.05, 0.1) is 12.6 Å². The lowest BCUT2D eigenvalue weighted by Crippen LogP contribution is -2.35. The van der Waals surface area contributed by atoms with Gasteiger partial charge in [-0.2, -0.15) is 0 Å². The third kappa shape index (κ3) is 5.42. The Balaban J connectivity index is 3.43. The fourth-order valence-electron chi connectivity index (χ4n) is 0.423. The maximum absolute atomic E-state index is 10.7. The van der Waals surface area contributed by atoms with Crippen LogP contribution in [0.5, 0.6) is 0 Å². The SMILES string of the molecule is C=CCOC(=O)N[C@@H](C)CO. The number of nitrogens with one attached hydrogen (secondary N) is 1. The lowest BCUT2D eigenvalue weighted by Gasteiger charge is -2.09. The summed E-state index contributed by atoms with van der Waals surface area (Å²) in [5.41, 5.74) is 0. The summed E-state index contributed by atoms with van der Waals surface area (Å²) in [7, 11) is 0. The van der Waals surface area contributed by atoms with E-state index in [2.05, 4.69) is 16.6 Å². The van der Waals surface area contributed by atoms with E-state index in [4.69, 9.17) is 5.11 Å². The Hall–Kier alpha value is -1.03. The Morgan fingerprint density at radius 3 is 3.00 bits per heavy atom. The molecule has 0 rings (SSSR count). The number of aliphatic hydroxyl groups is 1. The lowest BCUT2D eigenvalue weighted by atomic mass is 10.4. The van der Waals surface area contributed by atoms with Crippen LogP contribution in [0.2, 0.25) is 0 Å². The minimum absolute atomic E-state index is 0.0941. The number of hydrogen-bond donors (Lipinski definition) is 2. The van der Waals surface area contributed by atoms with Gasteiger partial charge < -0.3 is 15.2 Å². The van der Waals surface area contributed by atoms with E-state index in [1.165, 1.54) is 6.08 Å². The number of rotatable bonds is 4. The van der Waals surface area contributed by atoms with Crippen LogP contribution in [0.25, 0.3) is 0 Å². The molecule has 64 valence electrons.